The highest BCUT2D eigenvalue weighted by Gasteiger charge is 1.88. The van der Waals surface area contributed by atoms with E-state index in [0.717, 1.165) is 25.1 Å². The molecule has 1 amide bonds. The third-order valence-electron chi connectivity index (χ3n) is 2.32. The van der Waals surface area contributed by atoms with Crippen molar-refractivity contribution in [1.29, 1.82) is 0 Å². The predicted octanol–water partition coefficient (Wildman–Crippen LogP) is 3.54. The third kappa shape index (κ3) is 13.0. The monoisotopic (exact) mass is 256 g/mol. The first-order valence-corrected chi connectivity index (χ1v) is 7.19. The van der Waals surface area contributed by atoms with E-state index in [9.17, 15) is 4.79 Å². The number of amides is 1. The first kappa shape index (κ1) is 16.1. The number of nitrogens with one attached hydrogen (secondary N) is 1. The first-order valence-electron chi connectivity index (χ1n) is 6.35. The smallest absolute Gasteiger partial charge is 0.207 e. The van der Waals surface area contributed by atoms with Crippen molar-refractivity contribution in [2.75, 3.05) is 6.54 Å². The minimum absolute atomic E-state index is 0.770. The lowest BCUT2D eigenvalue weighted by atomic mass is 10.1. The lowest BCUT2D eigenvalue weighted by Gasteiger charge is -1.98. The molecule has 4 heteroatoms. The Morgan fingerprint density at radius 3 is 2.47 bits per heavy atom. The summed E-state index contributed by atoms with van der Waals surface area (Å²) in [5, 5.41) is 4.63. The van der Waals surface area contributed by atoms with Gasteiger partial charge in [-0.05, 0) is 30.9 Å². The maximum atomic E-state index is 9.83. The molecule has 1 heterocycles. The van der Waals surface area contributed by atoms with Gasteiger partial charge in [0.25, 0.3) is 0 Å². The van der Waals surface area contributed by atoms with E-state index in [0.29, 0.717) is 0 Å². The normalized spacial score (nSPS) is 9.29. The Kier molecular flexibility index (Phi) is 12.5. The zero-order valence-corrected chi connectivity index (χ0v) is 11.8. The number of aryl methyl sites for hydroxylation is 1. The highest BCUT2D eigenvalue weighted by molar-refractivity contribution is 7.03. The van der Waals surface area contributed by atoms with E-state index in [1.807, 2.05) is 18.4 Å². The van der Waals surface area contributed by atoms with Crippen LogP contribution in [0.4, 0.5) is 0 Å². The minimum atomic E-state index is 0.770. The Hall–Kier alpha value is -0.900. The molecule has 1 aromatic heterocycles. The summed E-state index contributed by atoms with van der Waals surface area (Å²) in [6, 6.07) is 1.99. The van der Waals surface area contributed by atoms with Crippen LogP contribution in [0.3, 0.4) is 0 Å². The van der Waals surface area contributed by atoms with Gasteiger partial charge in [-0.25, -0.2) is 0 Å². The molecular formula is C13H24N2OS. The van der Waals surface area contributed by atoms with Crippen LogP contribution in [0.25, 0.3) is 0 Å². The van der Waals surface area contributed by atoms with Gasteiger partial charge in [0, 0.05) is 11.9 Å². The molecule has 0 atom stereocenters. The maximum Gasteiger partial charge on any atom is 0.207 e. The summed E-state index contributed by atoms with van der Waals surface area (Å²) in [5.41, 5.74) is 1.11. The van der Waals surface area contributed by atoms with Gasteiger partial charge < -0.3 is 5.32 Å². The fraction of sp³-hybridized carbons (Fsp3) is 0.692. The largest absolute Gasteiger partial charge is 0.359 e. The molecular weight excluding hydrogens is 232 g/mol. The molecule has 0 spiro atoms. The molecule has 0 aliphatic carbocycles. The zero-order valence-electron chi connectivity index (χ0n) is 10.9. The van der Waals surface area contributed by atoms with Gasteiger partial charge in [-0.15, -0.1) is 0 Å². The number of rotatable bonds is 8. The number of nitrogens with zero attached hydrogens (tertiary/aromatic N) is 1. The first-order chi connectivity index (χ1) is 8.31. The molecule has 1 aromatic rings. The van der Waals surface area contributed by atoms with E-state index in [1.54, 1.807) is 0 Å². The van der Waals surface area contributed by atoms with Crippen LogP contribution in [0, 0.1) is 6.92 Å². The molecule has 0 saturated heterocycles. The SMILES string of the molecule is CCCCCCCCNC=O.Cc1ccsn1. The lowest BCUT2D eigenvalue weighted by molar-refractivity contribution is -0.109. The summed E-state index contributed by atoms with van der Waals surface area (Å²) in [6.07, 6.45) is 8.45. The molecule has 98 valence electrons. The number of carbonyl (C=O) groups is 1. The fourth-order valence-electron chi connectivity index (χ4n) is 1.34. The van der Waals surface area contributed by atoms with E-state index >= 15 is 0 Å². The van der Waals surface area contributed by atoms with Crippen molar-refractivity contribution in [1.82, 2.24) is 9.69 Å². The number of aromatic nitrogens is 1. The van der Waals surface area contributed by atoms with Gasteiger partial charge in [0.05, 0.1) is 5.69 Å². The van der Waals surface area contributed by atoms with Gasteiger partial charge in [0.2, 0.25) is 6.41 Å². The molecule has 0 unspecified atom stereocenters. The summed E-state index contributed by atoms with van der Waals surface area (Å²) < 4.78 is 3.96. The van der Waals surface area contributed by atoms with Crippen LogP contribution in [-0.4, -0.2) is 17.3 Å². The number of carbonyl (C=O) groups excluding carboxylic acids is 1. The van der Waals surface area contributed by atoms with Crippen molar-refractivity contribution in [2.24, 2.45) is 0 Å². The Labute approximate surface area is 109 Å². The second-order valence-corrected chi connectivity index (χ2v) is 4.65. The Bertz CT molecular complexity index is 250. The average Bonchev–Trinajstić information content (AvgIpc) is 2.80. The fourth-order valence-corrected chi connectivity index (χ4v) is 1.88. The molecule has 3 nitrogen and oxygen atoms in total. The Morgan fingerprint density at radius 2 is 2.00 bits per heavy atom. The van der Waals surface area contributed by atoms with E-state index in [2.05, 4.69) is 16.6 Å². The number of hydrogen-bond acceptors (Lipinski definition) is 3. The highest BCUT2D eigenvalue weighted by Crippen LogP contribution is 2.03. The molecule has 0 aliphatic rings. The summed E-state index contributed by atoms with van der Waals surface area (Å²) in [4.78, 5) is 9.83. The maximum absolute atomic E-state index is 9.83. The molecule has 1 N–H and O–H groups in total. The van der Waals surface area contributed by atoms with Crippen LogP contribution in [0.15, 0.2) is 11.4 Å². The number of unbranched alkanes of at least 4 members (excludes halogenated alkanes) is 5. The van der Waals surface area contributed by atoms with Crippen molar-refractivity contribution in [3.63, 3.8) is 0 Å². The lowest BCUT2D eigenvalue weighted by Crippen LogP contribution is -2.11. The van der Waals surface area contributed by atoms with E-state index < -0.39 is 0 Å². The van der Waals surface area contributed by atoms with Gasteiger partial charge >= 0.3 is 0 Å². The molecule has 1 rings (SSSR count). The zero-order chi connectivity index (χ0) is 12.8. The van der Waals surface area contributed by atoms with Gasteiger partial charge in [0.15, 0.2) is 0 Å². The van der Waals surface area contributed by atoms with Gasteiger partial charge in [0.1, 0.15) is 0 Å². The molecule has 0 bridgehead atoms. The van der Waals surface area contributed by atoms with Gasteiger partial charge in [-0.2, -0.15) is 4.37 Å². The summed E-state index contributed by atoms with van der Waals surface area (Å²) in [5.74, 6) is 0. The topological polar surface area (TPSA) is 42.0 Å². The van der Waals surface area contributed by atoms with Crippen LogP contribution >= 0.6 is 11.5 Å². The molecule has 0 radical (unpaired) electrons. The van der Waals surface area contributed by atoms with Crippen molar-refractivity contribution in [3.8, 4) is 0 Å². The summed E-state index contributed by atoms with van der Waals surface area (Å²) in [6.45, 7) is 5.04. The summed E-state index contributed by atoms with van der Waals surface area (Å²) in [7, 11) is 0. The molecule has 0 saturated carbocycles. The summed E-state index contributed by atoms with van der Waals surface area (Å²) >= 11 is 1.49. The van der Waals surface area contributed by atoms with Crippen molar-refractivity contribution < 1.29 is 4.79 Å². The van der Waals surface area contributed by atoms with E-state index in [-0.39, 0.29) is 0 Å². The quantitative estimate of drug-likeness (QED) is 0.571. The van der Waals surface area contributed by atoms with Crippen LogP contribution in [0.5, 0.6) is 0 Å². The van der Waals surface area contributed by atoms with Crippen LogP contribution in [0.1, 0.15) is 51.1 Å². The van der Waals surface area contributed by atoms with Crippen molar-refractivity contribution in [2.45, 2.75) is 52.4 Å². The number of hydrogen-bond donors (Lipinski definition) is 1. The Balaban J connectivity index is 0.000000354. The van der Waals surface area contributed by atoms with Crippen molar-refractivity contribution >= 4 is 17.9 Å². The third-order valence-corrected chi connectivity index (χ3v) is 2.98. The second kappa shape index (κ2) is 13.2. The predicted molar refractivity (Wildman–Crippen MR) is 74.3 cm³/mol. The standard InChI is InChI=1S/C9H19NO.C4H5NS/c1-2-3-4-5-6-7-8-10-9-11;1-4-2-3-6-5-4/h9H,2-8H2,1H3,(H,10,11);2-3H,1H3. The van der Waals surface area contributed by atoms with Crippen molar-refractivity contribution in [3.05, 3.63) is 17.1 Å². The second-order valence-electron chi connectivity index (χ2n) is 3.98. The molecule has 0 fully saturated rings. The molecule has 0 aromatic carbocycles. The van der Waals surface area contributed by atoms with Gasteiger partial charge in [-0.1, -0.05) is 39.0 Å². The van der Waals surface area contributed by atoms with E-state index in [1.165, 1.54) is 43.6 Å². The van der Waals surface area contributed by atoms with Crippen LogP contribution < -0.4 is 5.32 Å². The minimum Gasteiger partial charge on any atom is -0.359 e. The highest BCUT2D eigenvalue weighted by atomic mass is 32.1. The van der Waals surface area contributed by atoms with E-state index in [4.69, 9.17) is 0 Å². The molecule has 0 aliphatic heterocycles. The van der Waals surface area contributed by atoms with Gasteiger partial charge in [-0.3, -0.25) is 4.79 Å². The molecule has 17 heavy (non-hydrogen) atoms. The van der Waals surface area contributed by atoms with Crippen LogP contribution in [-0.2, 0) is 4.79 Å². The average molecular weight is 256 g/mol. The van der Waals surface area contributed by atoms with Crippen LogP contribution in [0.2, 0.25) is 0 Å². The Morgan fingerprint density at radius 1 is 1.29 bits per heavy atom.